The summed E-state index contributed by atoms with van der Waals surface area (Å²) < 4.78 is 39.7. The number of aryl methyl sites for hydroxylation is 1. The standard InChI is InChI=1S/C30H41F3N4O/c1-21-5-10-25(19-27(21)30(31,32)33)35-24-11-6-22(7-12-24)20-34-28(38)37-17-15-36(16-18-37)26-13-8-23(9-14-26)29(2,3)4/h5,8-10,13-14,19,22,24,35H,6-7,11-12,15-18,20H2,1-4H3,(H,34,38). The highest BCUT2D eigenvalue weighted by atomic mass is 19.4. The van der Waals surface area contributed by atoms with Crippen molar-refractivity contribution in [2.24, 2.45) is 5.92 Å². The van der Waals surface area contributed by atoms with Crippen LogP contribution in [-0.4, -0.2) is 49.7 Å². The Kier molecular flexibility index (Phi) is 8.48. The first kappa shape index (κ1) is 28.1. The minimum Gasteiger partial charge on any atom is -0.382 e. The van der Waals surface area contributed by atoms with Gasteiger partial charge in [-0.25, -0.2) is 4.79 Å². The minimum absolute atomic E-state index is 0.00712. The van der Waals surface area contributed by atoms with Crippen molar-refractivity contribution >= 4 is 17.4 Å². The van der Waals surface area contributed by atoms with E-state index in [-0.39, 0.29) is 23.1 Å². The van der Waals surface area contributed by atoms with Crippen molar-refractivity contribution in [2.75, 3.05) is 42.9 Å². The van der Waals surface area contributed by atoms with Gasteiger partial charge in [-0.2, -0.15) is 13.2 Å². The molecule has 1 aliphatic heterocycles. The highest BCUT2D eigenvalue weighted by molar-refractivity contribution is 5.74. The zero-order valence-electron chi connectivity index (χ0n) is 23.0. The average molecular weight is 531 g/mol. The van der Waals surface area contributed by atoms with Crippen molar-refractivity contribution in [1.82, 2.24) is 10.2 Å². The highest BCUT2D eigenvalue weighted by Gasteiger charge is 2.33. The van der Waals surface area contributed by atoms with Crippen LogP contribution in [0.4, 0.5) is 29.3 Å². The number of halogens is 3. The third-order valence-electron chi connectivity index (χ3n) is 7.97. The molecule has 8 heteroatoms. The topological polar surface area (TPSA) is 47.6 Å². The number of rotatable bonds is 5. The Morgan fingerprint density at radius 1 is 0.921 bits per heavy atom. The van der Waals surface area contributed by atoms with Gasteiger partial charge in [-0.15, -0.1) is 0 Å². The van der Waals surface area contributed by atoms with Gasteiger partial charge in [-0.1, -0.05) is 39.0 Å². The van der Waals surface area contributed by atoms with Crippen LogP contribution >= 0.6 is 0 Å². The van der Waals surface area contributed by atoms with Gasteiger partial charge in [0.25, 0.3) is 0 Å². The smallest absolute Gasteiger partial charge is 0.382 e. The number of piperazine rings is 1. The molecular weight excluding hydrogens is 489 g/mol. The molecule has 2 aromatic rings. The number of carbonyl (C=O) groups is 1. The third kappa shape index (κ3) is 7.14. The summed E-state index contributed by atoms with van der Waals surface area (Å²) in [5.74, 6) is 0.392. The van der Waals surface area contributed by atoms with Crippen LogP contribution in [0.2, 0.25) is 0 Å². The van der Waals surface area contributed by atoms with Gasteiger partial charge >= 0.3 is 12.2 Å². The van der Waals surface area contributed by atoms with Crippen molar-refractivity contribution < 1.29 is 18.0 Å². The van der Waals surface area contributed by atoms with E-state index in [2.05, 4.69) is 60.6 Å². The summed E-state index contributed by atoms with van der Waals surface area (Å²) in [5.41, 5.74) is 2.81. The summed E-state index contributed by atoms with van der Waals surface area (Å²) in [6, 6.07) is 13.3. The molecule has 2 amide bonds. The van der Waals surface area contributed by atoms with Gasteiger partial charge in [-0.3, -0.25) is 0 Å². The maximum Gasteiger partial charge on any atom is 0.416 e. The fourth-order valence-corrected chi connectivity index (χ4v) is 5.45. The van der Waals surface area contributed by atoms with Crippen LogP contribution in [0.25, 0.3) is 0 Å². The molecule has 1 heterocycles. The Balaban J connectivity index is 1.17. The van der Waals surface area contributed by atoms with E-state index in [9.17, 15) is 18.0 Å². The fourth-order valence-electron chi connectivity index (χ4n) is 5.45. The summed E-state index contributed by atoms with van der Waals surface area (Å²) in [7, 11) is 0. The predicted molar refractivity (Wildman–Crippen MR) is 148 cm³/mol. The van der Waals surface area contributed by atoms with Crippen LogP contribution in [0.1, 0.15) is 63.1 Å². The molecule has 4 rings (SSSR count). The van der Waals surface area contributed by atoms with E-state index in [0.29, 0.717) is 31.2 Å². The third-order valence-corrected chi connectivity index (χ3v) is 7.97. The molecule has 5 nitrogen and oxygen atoms in total. The number of alkyl halides is 3. The van der Waals surface area contributed by atoms with E-state index in [0.717, 1.165) is 38.8 Å². The Bertz CT molecular complexity index is 1080. The molecule has 0 unspecified atom stereocenters. The van der Waals surface area contributed by atoms with Gasteiger partial charge < -0.3 is 20.4 Å². The molecular formula is C30H41F3N4O. The predicted octanol–water partition coefficient (Wildman–Crippen LogP) is 6.81. The van der Waals surface area contributed by atoms with Crippen molar-refractivity contribution in [3.8, 4) is 0 Å². The number of carbonyl (C=O) groups excluding carboxylic acids is 1. The molecule has 1 saturated heterocycles. The zero-order chi connectivity index (χ0) is 27.5. The van der Waals surface area contributed by atoms with Crippen LogP contribution in [0.15, 0.2) is 42.5 Å². The Morgan fingerprint density at radius 3 is 2.13 bits per heavy atom. The number of urea groups is 1. The largest absolute Gasteiger partial charge is 0.416 e. The number of hydrogen-bond donors (Lipinski definition) is 2. The monoisotopic (exact) mass is 530 g/mol. The fraction of sp³-hybridized carbons (Fsp3) is 0.567. The molecule has 2 fully saturated rings. The Labute approximate surface area is 224 Å². The first-order chi connectivity index (χ1) is 17.9. The second kappa shape index (κ2) is 11.5. The summed E-state index contributed by atoms with van der Waals surface area (Å²) >= 11 is 0. The summed E-state index contributed by atoms with van der Waals surface area (Å²) in [5, 5.41) is 6.40. The van der Waals surface area contributed by atoms with Crippen LogP contribution < -0.4 is 15.5 Å². The lowest BCUT2D eigenvalue weighted by molar-refractivity contribution is -0.138. The molecule has 0 bridgehead atoms. The van der Waals surface area contributed by atoms with E-state index in [1.807, 2.05) is 4.90 Å². The molecule has 0 atom stereocenters. The SMILES string of the molecule is Cc1ccc(NC2CCC(CNC(=O)N3CCN(c4ccc(C(C)(C)C)cc4)CC3)CC2)cc1C(F)(F)F. The molecule has 208 valence electrons. The maximum atomic E-state index is 13.2. The second-order valence-corrected chi connectivity index (χ2v) is 11.8. The lowest BCUT2D eigenvalue weighted by atomic mass is 9.86. The van der Waals surface area contributed by atoms with Gasteiger partial charge in [0.1, 0.15) is 0 Å². The van der Waals surface area contributed by atoms with Crippen LogP contribution in [-0.2, 0) is 11.6 Å². The first-order valence-corrected chi connectivity index (χ1v) is 13.7. The summed E-state index contributed by atoms with van der Waals surface area (Å²) in [6.45, 7) is 11.8. The number of anilines is 2. The molecule has 0 radical (unpaired) electrons. The molecule has 1 saturated carbocycles. The van der Waals surface area contributed by atoms with Crippen LogP contribution in [0.3, 0.4) is 0 Å². The number of hydrogen-bond acceptors (Lipinski definition) is 3. The van der Waals surface area contributed by atoms with Crippen molar-refractivity contribution in [2.45, 2.75) is 71.0 Å². The van der Waals surface area contributed by atoms with Gasteiger partial charge in [0, 0.05) is 50.1 Å². The molecule has 0 spiro atoms. The lowest BCUT2D eigenvalue weighted by Gasteiger charge is -2.37. The normalized spacial score (nSPS) is 20.8. The summed E-state index contributed by atoms with van der Waals surface area (Å²) in [4.78, 5) is 17.0. The average Bonchev–Trinajstić information content (AvgIpc) is 2.88. The van der Waals surface area contributed by atoms with Gasteiger partial charge in [-0.05, 0) is 79.3 Å². The van der Waals surface area contributed by atoms with Gasteiger partial charge in [0.2, 0.25) is 0 Å². The van der Waals surface area contributed by atoms with E-state index in [1.54, 1.807) is 6.07 Å². The Morgan fingerprint density at radius 2 is 1.55 bits per heavy atom. The van der Waals surface area contributed by atoms with E-state index >= 15 is 0 Å². The quantitative estimate of drug-likeness (QED) is 0.446. The number of benzene rings is 2. The summed E-state index contributed by atoms with van der Waals surface area (Å²) in [6.07, 6.45) is -0.713. The number of amides is 2. The highest BCUT2D eigenvalue weighted by Crippen LogP contribution is 2.34. The molecule has 38 heavy (non-hydrogen) atoms. The molecule has 1 aliphatic carbocycles. The van der Waals surface area contributed by atoms with Crippen molar-refractivity contribution in [3.63, 3.8) is 0 Å². The van der Waals surface area contributed by atoms with Crippen molar-refractivity contribution in [3.05, 3.63) is 59.2 Å². The minimum atomic E-state index is -4.35. The molecule has 2 aromatic carbocycles. The molecule has 2 N–H and O–H groups in total. The van der Waals surface area contributed by atoms with Crippen molar-refractivity contribution in [1.29, 1.82) is 0 Å². The maximum absolute atomic E-state index is 13.2. The molecule has 2 aliphatic rings. The van der Waals surface area contributed by atoms with E-state index in [4.69, 9.17) is 0 Å². The lowest BCUT2D eigenvalue weighted by Crippen LogP contribution is -2.52. The van der Waals surface area contributed by atoms with Crippen LogP contribution in [0, 0.1) is 12.8 Å². The van der Waals surface area contributed by atoms with E-state index in [1.165, 1.54) is 30.3 Å². The Hall–Kier alpha value is -2.90. The van der Waals surface area contributed by atoms with Gasteiger partial charge in [0.15, 0.2) is 0 Å². The first-order valence-electron chi connectivity index (χ1n) is 13.7. The number of nitrogens with one attached hydrogen (secondary N) is 2. The number of nitrogens with zero attached hydrogens (tertiary/aromatic N) is 2. The molecule has 0 aromatic heterocycles. The second-order valence-electron chi connectivity index (χ2n) is 11.8. The van der Waals surface area contributed by atoms with E-state index < -0.39 is 11.7 Å². The zero-order valence-corrected chi connectivity index (χ0v) is 23.0. The van der Waals surface area contributed by atoms with Crippen LogP contribution in [0.5, 0.6) is 0 Å². The van der Waals surface area contributed by atoms with Gasteiger partial charge in [0.05, 0.1) is 5.56 Å².